The van der Waals surface area contributed by atoms with Gasteiger partial charge < -0.3 is 10.1 Å². The van der Waals surface area contributed by atoms with Crippen LogP contribution in [0.3, 0.4) is 0 Å². The first-order valence-corrected chi connectivity index (χ1v) is 6.19. The Kier molecular flexibility index (Phi) is 4.82. The summed E-state index contributed by atoms with van der Waals surface area (Å²) in [4.78, 5) is 15.4. The molecule has 0 unspecified atom stereocenters. The first-order valence-electron chi connectivity index (χ1n) is 6.19. The number of aromatic nitrogens is 3. The Labute approximate surface area is 116 Å². The lowest BCUT2D eigenvalue weighted by atomic mass is 10.3. The fourth-order valence-corrected chi connectivity index (χ4v) is 1.45. The van der Waals surface area contributed by atoms with E-state index in [1.54, 1.807) is 25.3 Å². The molecule has 2 rings (SSSR count). The van der Waals surface area contributed by atoms with Crippen molar-refractivity contribution in [3.05, 3.63) is 42.2 Å². The minimum Gasteiger partial charge on any atom is -0.450 e. The molecule has 0 bridgehead atoms. The third-order valence-corrected chi connectivity index (χ3v) is 2.35. The van der Waals surface area contributed by atoms with Gasteiger partial charge >= 0.3 is 6.09 Å². The number of carbonyl (C=O) groups is 1. The zero-order valence-electron chi connectivity index (χ0n) is 11.0. The quantitative estimate of drug-likeness (QED) is 0.866. The van der Waals surface area contributed by atoms with Gasteiger partial charge in [-0.1, -0.05) is 6.07 Å². The molecule has 0 saturated carbocycles. The third kappa shape index (κ3) is 4.20. The van der Waals surface area contributed by atoms with Gasteiger partial charge in [0.15, 0.2) is 5.82 Å². The number of rotatable bonds is 5. The fourth-order valence-electron chi connectivity index (χ4n) is 1.45. The zero-order valence-corrected chi connectivity index (χ0v) is 11.0. The molecule has 20 heavy (non-hydrogen) atoms. The van der Waals surface area contributed by atoms with Gasteiger partial charge in [-0.25, -0.2) is 4.79 Å². The molecule has 0 saturated heterocycles. The summed E-state index contributed by atoms with van der Waals surface area (Å²) in [5, 5.41) is 13.4. The van der Waals surface area contributed by atoms with Crippen molar-refractivity contribution in [1.29, 1.82) is 0 Å². The van der Waals surface area contributed by atoms with Crippen LogP contribution in [0.2, 0.25) is 0 Å². The van der Waals surface area contributed by atoms with Crippen molar-refractivity contribution in [2.24, 2.45) is 0 Å². The molecule has 0 atom stereocenters. The average Bonchev–Trinajstić information content (AvgIpc) is 2.48. The number of hydrogen-bond acceptors (Lipinski definition) is 6. The van der Waals surface area contributed by atoms with E-state index >= 15 is 0 Å². The molecule has 0 aromatic carbocycles. The number of pyridine rings is 1. The van der Waals surface area contributed by atoms with Crippen molar-refractivity contribution in [2.75, 3.05) is 17.2 Å². The van der Waals surface area contributed by atoms with E-state index in [2.05, 4.69) is 25.8 Å². The van der Waals surface area contributed by atoms with E-state index in [9.17, 15) is 4.79 Å². The number of hydrogen-bond donors (Lipinski definition) is 2. The van der Waals surface area contributed by atoms with Gasteiger partial charge in [-0.3, -0.25) is 10.3 Å². The summed E-state index contributed by atoms with van der Waals surface area (Å²) in [6.07, 6.45) is 1.19. The second-order valence-corrected chi connectivity index (χ2v) is 3.82. The summed E-state index contributed by atoms with van der Waals surface area (Å²) in [5.41, 5.74) is 0.906. The van der Waals surface area contributed by atoms with Crippen LogP contribution in [0.4, 0.5) is 16.4 Å². The van der Waals surface area contributed by atoms with Crippen LogP contribution in [0.5, 0.6) is 0 Å². The Morgan fingerprint density at radius 3 is 2.65 bits per heavy atom. The number of carbonyl (C=O) groups excluding carboxylic acids is 1. The number of ether oxygens (including phenoxy) is 1. The van der Waals surface area contributed by atoms with E-state index in [0.717, 1.165) is 5.69 Å². The standard InChI is InChI=1S/C13H15N5O2/c1-2-20-13(19)16-12-7-6-11(17-18-12)15-9-10-5-3-4-8-14-10/h3-8H,2,9H2,1H3,(H,15,17)(H,16,18,19). The van der Waals surface area contributed by atoms with Gasteiger partial charge in [-0.15, -0.1) is 10.2 Å². The minimum absolute atomic E-state index is 0.309. The molecule has 2 heterocycles. The third-order valence-electron chi connectivity index (χ3n) is 2.35. The molecule has 0 aliphatic rings. The molecule has 0 aliphatic heterocycles. The Balaban J connectivity index is 1.87. The molecule has 0 fully saturated rings. The van der Waals surface area contributed by atoms with Gasteiger partial charge in [-0.05, 0) is 31.2 Å². The molecule has 0 spiro atoms. The molecule has 2 aromatic rings. The van der Waals surface area contributed by atoms with Gasteiger partial charge in [0.25, 0.3) is 0 Å². The molecule has 7 heteroatoms. The largest absolute Gasteiger partial charge is 0.450 e. The topological polar surface area (TPSA) is 89.0 Å². The summed E-state index contributed by atoms with van der Waals surface area (Å²) >= 11 is 0. The first kappa shape index (κ1) is 13.7. The molecule has 0 radical (unpaired) electrons. The summed E-state index contributed by atoms with van der Waals surface area (Å²) in [7, 11) is 0. The second-order valence-electron chi connectivity index (χ2n) is 3.82. The van der Waals surface area contributed by atoms with E-state index in [-0.39, 0.29) is 0 Å². The Morgan fingerprint density at radius 1 is 1.20 bits per heavy atom. The SMILES string of the molecule is CCOC(=O)Nc1ccc(NCc2ccccn2)nn1. The molecule has 7 nitrogen and oxygen atoms in total. The van der Waals surface area contributed by atoms with Crippen LogP contribution in [0.1, 0.15) is 12.6 Å². The van der Waals surface area contributed by atoms with Crippen LogP contribution in [0.25, 0.3) is 0 Å². The molecular weight excluding hydrogens is 258 g/mol. The van der Waals surface area contributed by atoms with Crippen molar-refractivity contribution < 1.29 is 9.53 Å². The van der Waals surface area contributed by atoms with Gasteiger partial charge in [0.1, 0.15) is 5.82 Å². The number of nitrogens with one attached hydrogen (secondary N) is 2. The Morgan fingerprint density at radius 2 is 2.00 bits per heavy atom. The maximum absolute atomic E-state index is 11.2. The molecule has 104 valence electrons. The van der Waals surface area contributed by atoms with E-state index in [1.165, 1.54) is 0 Å². The summed E-state index contributed by atoms with van der Waals surface area (Å²) < 4.78 is 4.74. The van der Waals surface area contributed by atoms with E-state index < -0.39 is 6.09 Å². The van der Waals surface area contributed by atoms with Crippen molar-refractivity contribution >= 4 is 17.7 Å². The normalized spacial score (nSPS) is 9.85. The summed E-state index contributed by atoms with van der Waals surface area (Å²) in [5.74, 6) is 0.942. The lowest BCUT2D eigenvalue weighted by Crippen LogP contribution is -2.14. The second kappa shape index (κ2) is 7.03. The zero-order chi connectivity index (χ0) is 14.2. The average molecular weight is 273 g/mol. The van der Waals surface area contributed by atoms with Gasteiger partial charge in [0, 0.05) is 6.20 Å². The fraction of sp³-hybridized carbons (Fsp3) is 0.231. The maximum Gasteiger partial charge on any atom is 0.412 e. The van der Waals surface area contributed by atoms with Gasteiger partial charge in [0.2, 0.25) is 0 Å². The minimum atomic E-state index is -0.545. The van der Waals surface area contributed by atoms with Crippen molar-refractivity contribution in [3.8, 4) is 0 Å². The van der Waals surface area contributed by atoms with Crippen LogP contribution in [0, 0.1) is 0 Å². The molecule has 1 amide bonds. The molecule has 0 aliphatic carbocycles. The first-order chi connectivity index (χ1) is 9.78. The summed E-state index contributed by atoms with van der Waals surface area (Å²) in [6.45, 7) is 2.60. The highest BCUT2D eigenvalue weighted by atomic mass is 16.5. The van der Waals surface area contributed by atoms with Crippen molar-refractivity contribution in [3.63, 3.8) is 0 Å². The lowest BCUT2D eigenvalue weighted by molar-refractivity contribution is 0.168. The van der Waals surface area contributed by atoms with Crippen LogP contribution in [0.15, 0.2) is 36.5 Å². The van der Waals surface area contributed by atoms with E-state index in [0.29, 0.717) is 24.8 Å². The molecular formula is C13H15N5O2. The van der Waals surface area contributed by atoms with Gasteiger partial charge in [0.05, 0.1) is 18.8 Å². The highest BCUT2D eigenvalue weighted by Gasteiger charge is 2.03. The smallest absolute Gasteiger partial charge is 0.412 e. The Hall–Kier alpha value is -2.70. The predicted molar refractivity (Wildman–Crippen MR) is 74.2 cm³/mol. The maximum atomic E-state index is 11.2. The van der Waals surface area contributed by atoms with Crippen LogP contribution in [-0.4, -0.2) is 27.9 Å². The highest BCUT2D eigenvalue weighted by Crippen LogP contribution is 2.07. The number of amides is 1. The summed E-state index contributed by atoms with van der Waals surface area (Å²) in [6, 6.07) is 9.06. The van der Waals surface area contributed by atoms with E-state index in [1.807, 2.05) is 18.2 Å². The monoisotopic (exact) mass is 273 g/mol. The van der Waals surface area contributed by atoms with Crippen molar-refractivity contribution in [2.45, 2.75) is 13.5 Å². The number of nitrogens with zero attached hydrogens (tertiary/aromatic N) is 3. The Bertz CT molecular complexity index is 544. The van der Waals surface area contributed by atoms with Crippen molar-refractivity contribution in [1.82, 2.24) is 15.2 Å². The highest BCUT2D eigenvalue weighted by molar-refractivity contribution is 5.83. The predicted octanol–water partition coefficient (Wildman–Crippen LogP) is 2.05. The van der Waals surface area contributed by atoms with E-state index in [4.69, 9.17) is 4.74 Å². The number of anilines is 2. The molecule has 2 aromatic heterocycles. The van der Waals surface area contributed by atoms with Crippen LogP contribution >= 0.6 is 0 Å². The lowest BCUT2D eigenvalue weighted by Gasteiger charge is -2.06. The van der Waals surface area contributed by atoms with Crippen LogP contribution in [-0.2, 0) is 11.3 Å². The van der Waals surface area contributed by atoms with Gasteiger partial charge in [-0.2, -0.15) is 0 Å². The molecule has 2 N–H and O–H groups in total. The van der Waals surface area contributed by atoms with Crippen LogP contribution < -0.4 is 10.6 Å².